The summed E-state index contributed by atoms with van der Waals surface area (Å²) in [7, 11) is -3.61. The van der Waals surface area contributed by atoms with Crippen molar-refractivity contribution in [3.8, 4) is 0 Å². The van der Waals surface area contributed by atoms with Crippen molar-refractivity contribution in [2.45, 2.75) is 25.2 Å². The summed E-state index contributed by atoms with van der Waals surface area (Å²) in [6, 6.07) is 6.58. The molecule has 0 radical (unpaired) electrons. The van der Waals surface area contributed by atoms with E-state index in [1.807, 2.05) is 13.8 Å². The van der Waals surface area contributed by atoms with E-state index in [2.05, 4.69) is 6.58 Å². The van der Waals surface area contributed by atoms with Crippen molar-refractivity contribution in [3.05, 3.63) is 42.0 Å². The molecule has 0 aliphatic heterocycles. The number of hydrogen-bond acceptors (Lipinski definition) is 3. The van der Waals surface area contributed by atoms with Crippen molar-refractivity contribution in [1.82, 2.24) is 0 Å². The lowest BCUT2D eigenvalue weighted by molar-refractivity contribution is 0.322. The van der Waals surface area contributed by atoms with Gasteiger partial charge in [-0.25, -0.2) is 0 Å². The van der Waals surface area contributed by atoms with Gasteiger partial charge in [-0.3, -0.25) is 4.18 Å². The second-order valence-corrected chi connectivity index (χ2v) is 5.41. The molecule has 0 N–H and O–H groups in total. The van der Waals surface area contributed by atoms with Crippen molar-refractivity contribution in [2.24, 2.45) is 0 Å². The van der Waals surface area contributed by atoms with Crippen LogP contribution in [0.25, 0.3) is 0 Å². The third-order valence-electron chi connectivity index (χ3n) is 2.08. The van der Waals surface area contributed by atoms with Gasteiger partial charge in [0.25, 0.3) is 10.1 Å². The van der Waals surface area contributed by atoms with Crippen LogP contribution in [0.4, 0.5) is 0 Å². The largest absolute Gasteiger partial charge is 0.296 e. The molecule has 16 heavy (non-hydrogen) atoms. The van der Waals surface area contributed by atoms with Gasteiger partial charge in [0.15, 0.2) is 0 Å². The summed E-state index contributed by atoms with van der Waals surface area (Å²) in [5.41, 5.74) is 1.92. The molecule has 0 aromatic heterocycles. The third-order valence-corrected chi connectivity index (χ3v) is 3.40. The van der Waals surface area contributed by atoms with E-state index in [0.717, 1.165) is 11.1 Å². The Labute approximate surface area is 96.9 Å². The molecule has 0 heterocycles. The summed E-state index contributed by atoms with van der Waals surface area (Å²) in [6.07, 6.45) is 0.547. The normalized spacial score (nSPS) is 11.4. The average molecular weight is 240 g/mol. The summed E-state index contributed by atoms with van der Waals surface area (Å²) in [5, 5.41) is 0. The van der Waals surface area contributed by atoms with E-state index in [9.17, 15) is 8.42 Å². The Morgan fingerprint density at radius 3 is 2.38 bits per heavy atom. The fraction of sp³-hybridized carbons (Fsp3) is 0.333. The first-order valence-electron chi connectivity index (χ1n) is 5.02. The van der Waals surface area contributed by atoms with Gasteiger partial charge in [0, 0.05) is 0 Å². The van der Waals surface area contributed by atoms with Crippen molar-refractivity contribution in [1.29, 1.82) is 0 Å². The maximum absolute atomic E-state index is 11.7. The van der Waals surface area contributed by atoms with Gasteiger partial charge in [0.1, 0.15) is 0 Å². The summed E-state index contributed by atoms with van der Waals surface area (Å²) >= 11 is 0. The lowest BCUT2D eigenvalue weighted by atomic mass is 10.2. The van der Waals surface area contributed by atoms with Gasteiger partial charge in [-0.05, 0) is 32.4 Å². The highest BCUT2D eigenvalue weighted by Gasteiger charge is 2.14. The monoisotopic (exact) mass is 240 g/mol. The lowest BCUT2D eigenvalue weighted by Crippen LogP contribution is -2.07. The van der Waals surface area contributed by atoms with E-state index in [1.54, 1.807) is 24.3 Å². The quantitative estimate of drug-likeness (QED) is 0.587. The minimum Gasteiger partial charge on any atom is -0.266 e. The second-order valence-electron chi connectivity index (χ2n) is 3.80. The molecule has 0 aliphatic rings. The first-order valence-corrected chi connectivity index (χ1v) is 6.43. The summed E-state index contributed by atoms with van der Waals surface area (Å²) in [4.78, 5) is 0.194. The predicted molar refractivity (Wildman–Crippen MR) is 63.7 cm³/mol. The van der Waals surface area contributed by atoms with Crippen molar-refractivity contribution in [2.75, 3.05) is 6.61 Å². The minimum absolute atomic E-state index is 0.144. The molecule has 1 aromatic rings. The maximum atomic E-state index is 11.7. The molecule has 1 aromatic carbocycles. The van der Waals surface area contributed by atoms with Crippen LogP contribution in [0.5, 0.6) is 0 Å². The number of benzene rings is 1. The minimum atomic E-state index is -3.61. The molecule has 0 amide bonds. The highest BCUT2D eigenvalue weighted by atomic mass is 32.2. The Morgan fingerprint density at radius 1 is 1.31 bits per heavy atom. The van der Waals surface area contributed by atoms with Crippen LogP contribution in [0, 0.1) is 6.92 Å². The Bertz CT molecular complexity index is 458. The molecule has 4 heteroatoms. The zero-order valence-electron chi connectivity index (χ0n) is 9.56. The highest BCUT2D eigenvalue weighted by Crippen LogP contribution is 2.13. The zero-order valence-corrected chi connectivity index (χ0v) is 10.4. The summed E-state index contributed by atoms with van der Waals surface area (Å²) in [5.74, 6) is 0. The van der Waals surface area contributed by atoms with Gasteiger partial charge in [-0.1, -0.05) is 23.3 Å². The first-order chi connectivity index (χ1) is 7.42. The number of rotatable bonds is 5. The van der Waals surface area contributed by atoms with Crippen molar-refractivity contribution < 1.29 is 12.6 Å². The van der Waals surface area contributed by atoms with Crippen molar-refractivity contribution in [3.63, 3.8) is 0 Å². The Hall–Kier alpha value is -1.13. The number of aryl methyl sites for hydroxylation is 1. The van der Waals surface area contributed by atoms with Gasteiger partial charge in [0.05, 0.1) is 11.5 Å². The molecule has 0 saturated carbocycles. The van der Waals surface area contributed by atoms with Crippen LogP contribution >= 0.6 is 0 Å². The van der Waals surface area contributed by atoms with E-state index in [4.69, 9.17) is 4.18 Å². The van der Waals surface area contributed by atoms with Crippen LogP contribution in [0.2, 0.25) is 0 Å². The zero-order chi connectivity index (χ0) is 12.2. The summed E-state index contributed by atoms with van der Waals surface area (Å²) < 4.78 is 28.2. The molecule has 0 fully saturated rings. The maximum Gasteiger partial charge on any atom is 0.296 e. The van der Waals surface area contributed by atoms with E-state index in [-0.39, 0.29) is 11.5 Å². The molecular weight excluding hydrogens is 224 g/mol. The molecule has 1 rings (SSSR count). The van der Waals surface area contributed by atoms with Gasteiger partial charge in [-0.2, -0.15) is 8.42 Å². The van der Waals surface area contributed by atoms with Crippen LogP contribution in [0.1, 0.15) is 18.9 Å². The smallest absolute Gasteiger partial charge is 0.266 e. The molecule has 0 aliphatic carbocycles. The topological polar surface area (TPSA) is 43.4 Å². The SMILES string of the molecule is C=C(C)CCOS(=O)(=O)c1ccc(C)cc1. The Morgan fingerprint density at radius 2 is 1.88 bits per heavy atom. The molecule has 0 bridgehead atoms. The fourth-order valence-electron chi connectivity index (χ4n) is 1.10. The van der Waals surface area contributed by atoms with Gasteiger partial charge >= 0.3 is 0 Å². The third kappa shape index (κ3) is 3.79. The predicted octanol–water partition coefficient (Wildman–Crippen LogP) is 2.67. The second kappa shape index (κ2) is 5.27. The molecule has 0 atom stereocenters. The first kappa shape index (κ1) is 12.9. The van der Waals surface area contributed by atoms with Crippen LogP contribution in [-0.2, 0) is 14.3 Å². The molecular formula is C12H16O3S. The van der Waals surface area contributed by atoms with E-state index in [1.165, 1.54) is 0 Å². The Kier molecular flexibility index (Phi) is 4.26. The van der Waals surface area contributed by atoms with Crippen LogP contribution < -0.4 is 0 Å². The molecule has 3 nitrogen and oxygen atoms in total. The molecule has 88 valence electrons. The molecule has 0 spiro atoms. The van der Waals surface area contributed by atoms with E-state index >= 15 is 0 Å². The molecule has 0 unspecified atom stereocenters. The number of hydrogen-bond donors (Lipinski definition) is 0. The van der Waals surface area contributed by atoms with Crippen molar-refractivity contribution >= 4 is 10.1 Å². The fourth-order valence-corrected chi connectivity index (χ4v) is 2.01. The van der Waals surface area contributed by atoms with E-state index in [0.29, 0.717) is 6.42 Å². The standard InChI is InChI=1S/C12H16O3S/c1-10(2)8-9-15-16(13,14)12-6-4-11(3)5-7-12/h4-7H,1,8-9H2,2-3H3. The van der Waals surface area contributed by atoms with Gasteiger partial charge in [-0.15, -0.1) is 6.58 Å². The van der Waals surface area contributed by atoms with Crippen LogP contribution in [0.3, 0.4) is 0 Å². The van der Waals surface area contributed by atoms with Crippen LogP contribution in [-0.4, -0.2) is 15.0 Å². The average Bonchev–Trinajstić information content (AvgIpc) is 2.17. The highest BCUT2D eigenvalue weighted by molar-refractivity contribution is 7.86. The Balaban J connectivity index is 2.71. The molecule has 0 saturated heterocycles. The van der Waals surface area contributed by atoms with E-state index < -0.39 is 10.1 Å². The van der Waals surface area contributed by atoms with Crippen LogP contribution in [0.15, 0.2) is 41.3 Å². The summed E-state index contributed by atoms with van der Waals surface area (Å²) in [6.45, 7) is 7.56. The lowest BCUT2D eigenvalue weighted by Gasteiger charge is -2.05. The van der Waals surface area contributed by atoms with Gasteiger partial charge in [0.2, 0.25) is 0 Å². The van der Waals surface area contributed by atoms with Gasteiger partial charge < -0.3 is 0 Å².